The minimum atomic E-state index is -0.000945. The van der Waals surface area contributed by atoms with E-state index in [1.165, 1.54) is 11.1 Å². The highest BCUT2D eigenvalue weighted by Crippen LogP contribution is 2.37. The molecule has 0 atom stereocenters. The van der Waals surface area contributed by atoms with Crippen molar-refractivity contribution in [2.45, 2.75) is 40.5 Å². The monoisotopic (exact) mass is 258 g/mol. The maximum Gasteiger partial charge on any atom is 0.130 e. The predicted octanol–water partition coefficient (Wildman–Crippen LogP) is 4.17. The third-order valence-corrected chi connectivity index (χ3v) is 3.39. The molecular weight excluding hydrogens is 236 g/mol. The molecule has 2 heteroatoms. The van der Waals surface area contributed by atoms with Crippen molar-refractivity contribution in [2.24, 2.45) is 5.41 Å². The van der Waals surface area contributed by atoms with Crippen molar-refractivity contribution in [2.75, 3.05) is 6.61 Å². The van der Waals surface area contributed by atoms with Gasteiger partial charge in [0.05, 0.1) is 6.61 Å². The first-order chi connectivity index (χ1) is 8.87. The number of carbonyl (C=O) groups is 1. The number of hydrogen-bond donors (Lipinski definition) is 0. The second-order valence-corrected chi connectivity index (χ2v) is 6.15. The smallest absolute Gasteiger partial charge is 0.130 e. The molecule has 1 aliphatic heterocycles. The van der Waals surface area contributed by atoms with Crippen LogP contribution in [-0.4, -0.2) is 12.4 Å². The summed E-state index contributed by atoms with van der Waals surface area (Å²) in [6.07, 6.45) is 3.65. The number of ether oxygens (including phenoxy) is 1. The Balaban J connectivity index is 2.42. The summed E-state index contributed by atoms with van der Waals surface area (Å²) >= 11 is 0. The van der Waals surface area contributed by atoms with E-state index >= 15 is 0 Å². The number of carbonyl (C=O) groups excluding carboxylic acids is 1. The van der Waals surface area contributed by atoms with Crippen LogP contribution in [0.3, 0.4) is 0 Å². The van der Waals surface area contributed by atoms with Gasteiger partial charge in [0.15, 0.2) is 0 Å². The molecule has 0 unspecified atom stereocenters. The van der Waals surface area contributed by atoms with Gasteiger partial charge in [0.25, 0.3) is 0 Å². The fourth-order valence-corrected chi connectivity index (χ4v) is 2.39. The average Bonchev–Trinajstić information content (AvgIpc) is 2.44. The van der Waals surface area contributed by atoms with Gasteiger partial charge in [-0.05, 0) is 38.0 Å². The first-order valence-electron chi connectivity index (χ1n) is 6.82. The molecule has 102 valence electrons. The number of aryl methyl sites for hydroxylation is 1. The van der Waals surface area contributed by atoms with Gasteiger partial charge in [-0.1, -0.05) is 31.6 Å². The fourth-order valence-electron chi connectivity index (χ4n) is 2.39. The molecule has 0 bridgehead atoms. The minimum Gasteiger partial charge on any atom is -0.492 e. The van der Waals surface area contributed by atoms with E-state index in [4.69, 9.17) is 4.74 Å². The first-order valence-corrected chi connectivity index (χ1v) is 6.82. The molecule has 0 aliphatic carbocycles. The molecule has 0 saturated carbocycles. The van der Waals surface area contributed by atoms with Crippen molar-refractivity contribution in [3.05, 3.63) is 35.4 Å². The van der Waals surface area contributed by atoms with Gasteiger partial charge in [-0.3, -0.25) is 0 Å². The van der Waals surface area contributed by atoms with Crippen LogP contribution in [0.25, 0.3) is 5.57 Å². The lowest BCUT2D eigenvalue weighted by atomic mass is 9.88. The Morgan fingerprint density at radius 2 is 2.11 bits per heavy atom. The molecule has 2 rings (SSSR count). The van der Waals surface area contributed by atoms with Crippen LogP contribution in [-0.2, 0) is 4.79 Å². The summed E-state index contributed by atoms with van der Waals surface area (Å²) in [6.45, 7) is 8.74. The largest absolute Gasteiger partial charge is 0.492 e. The molecule has 1 aromatic carbocycles. The summed E-state index contributed by atoms with van der Waals surface area (Å²) in [7, 11) is 0. The quantitative estimate of drug-likeness (QED) is 0.813. The number of fused-ring (bicyclic) bond motifs is 1. The summed E-state index contributed by atoms with van der Waals surface area (Å²) in [6, 6.07) is 6.26. The normalized spacial score (nSPS) is 16.9. The summed E-state index contributed by atoms with van der Waals surface area (Å²) in [4.78, 5) is 11.3. The van der Waals surface area contributed by atoms with Crippen LogP contribution in [0.15, 0.2) is 24.3 Å². The zero-order chi connectivity index (χ0) is 14.0. The van der Waals surface area contributed by atoms with Crippen molar-refractivity contribution >= 4 is 11.4 Å². The van der Waals surface area contributed by atoms with Gasteiger partial charge in [0.2, 0.25) is 0 Å². The Morgan fingerprint density at radius 1 is 1.37 bits per heavy atom. The van der Waals surface area contributed by atoms with Gasteiger partial charge in [-0.25, -0.2) is 0 Å². The summed E-state index contributed by atoms with van der Waals surface area (Å²) in [5.41, 5.74) is 3.60. The lowest BCUT2D eigenvalue weighted by Gasteiger charge is -2.18. The lowest BCUT2D eigenvalue weighted by molar-refractivity contribution is -0.116. The standard InChI is InChI=1S/C17H22O2/c1-12-5-8-16-15(9-12)14(7-6-13(2)18)10-17(3,4)11-19-16/h5,8-10H,6-7,11H2,1-4H3. The second-order valence-electron chi connectivity index (χ2n) is 6.15. The van der Waals surface area contributed by atoms with Crippen molar-refractivity contribution < 1.29 is 9.53 Å². The molecular formula is C17H22O2. The van der Waals surface area contributed by atoms with Gasteiger partial charge in [-0.15, -0.1) is 0 Å². The van der Waals surface area contributed by atoms with Crippen LogP contribution < -0.4 is 4.74 Å². The van der Waals surface area contributed by atoms with Crippen LogP contribution >= 0.6 is 0 Å². The zero-order valence-electron chi connectivity index (χ0n) is 12.2. The SMILES string of the molecule is CC(=O)CCC1=CC(C)(C)COc2ccc(C)cc21. The minimum absolute atomic E-state index is 0.000945. The Kier molecular flexibility index (Phi) is 3.79. The van der Waals surface area contributed by atoms with Gasteiger partial charge in [0, 0.05) is 17.4 Å². The maximum atomic E-state index is 11.3. The molecule has 0 saturated heterocycles. The van der Waals surface area contributed by atoms with E-state index in [9.17, 15) is 4.79 Å². The van der Waals surface area contributed by atoms with Gasteiger partial charge >= 0.3 is 0 Å². The van der Waals surface area contributed by atoms with Crippen LogP contribution in [0.5, 0.6) is 5.75 Å². The van der Waals surface area contributed by atoms with E-state index in [2.05, 4.69) is 39.0 Å². The number of benzene rings is 1. The molecule has 2 nitrogen and oxygen atoms in total. The Hall–Kier alpha value is -1.57. The summed E-state index contributed by atoms with van der Waals surface area (Å²) < 4.78 is 5.92. The topological polar surface area (TPSA) is 26.3 Å². The van der Waals surface area contributed by atoms with Gasteiger partial charge in [-0.2, -0.15) is 0 Å². The second kappa shape index (κ2) is 5.20. The van der Waals surface area contributed by atoms with E-state index in [0.29, 0.717) is 13.0 Å². The summed E-state index contributed by atoms with van der Waals surface area (Å²) in [5.74, 6) is 1.17. The fraction of sp³-hybridized carbons (Fsp3) is 0.471. The molecule has 0 aromatic heterocycles. The lowest BCUT2D eigenvalue weighted by Crippen LogP contribution is -2.17. The number of ketones is 1. The van der Waals surface area contributed by atoms with Crippen molar-refractivity contribution in [1.29, 1.82) is 0 Å². The number of allylic oxidation sites excluding steroid dienone is 1. The van der Waals surface area contributed by atoms with Crippen molar-refractivity contribution in [3.8, 4) is 5.75 Å². The third-order valence-electron chi connectivity index (χ3n) is 3.39. The van der Waals surface area contributed by atoms with Crippen LogP contribution in [0.2, 0.25) is 0 Å². The highest BCUT2D eigenvalue weighted by molar-refractivity contribution is 5.80. The van der Waals surface area contributed by atoms with E-state index in [-0.39, 0.29) is 11.2 Å². The zero-order valence-corrected chi connectivity index (χ0v) is 12.2. The number of Topliss-reactive ketones (excluding diaryl/α,β-unsaturated/α-hetero) is 1. The average molecular weight is 258 g/mol. The Labute approximate surface area is 115 Å². The Bertz CT molecular complexity index is 524. The predicted molar refractivity (Wildman–Crippen MR) is 78.3 cm³/mol. The Morgan fingerprint density at radius 3 is 2.79 bits per heavy atom. The van der Waals surface area contributed by atoms with Crippen LogP contribution in [0, 0.1) is 12.3 Å². The van der Waals surface area contributed by atoms with Gasteiger partial charge in [0.1, 0.15) is 11.5 Å². The molecule has 0 radical (unpaired) electrons. The molecule has 0 spiro atoms. The van der Waals surface area contributed by atoms with E-state index in [1.807, 2.05) is 6.07 Å². The molecule has 1 aromatic rings. The highest BCUT2D eigenvalue weighted by Gasteiger charge is 2.23. The first kappa shape index (κ1) is 13.9. The van der Waals surface area contributed by atoms with E-state index in [1.54, 1.807) is 6.92 Å². The molecule has 0 fully saturated rings. The van der Waals surface area contributed by atoms with Crippen molar-refractivity contribution in [1.82, 2.24) is 0 Å². The van der Waals surface area contributed by atoms with E-state index in [0.717, 1.165) is 17.7 Å². The molecule has 1 heterocycles. The number of rotatable bonds is 3. The van der Waals surface area contributed by atoms with Crippen LogP contribution in [0.4, 0.5) is 0 Å². The molecule has 0 amide bonds. The van der Waals surface area contributed by atoms with Crippen LogP contribution in [0.1, 0.15) is 44.7 Å². The number of hydrogen-bond acceptors (Lipinski definition) is 2. The third kappa shape index (κ3) is 3.46. The molecule has 1 aliphatic rings. The highest BCUT2D eigenvalue weighted by atomic mass is 16.5. The molecule has 0 N–H and O–H groups in total. The maximum absolute atomic E-state index is 11.3. The molecule has 19 heavy (non-hydrogen) atoms. The summed E-state index contributed by atoms with van der Waals surface area (Å²) in [5, 5.41) is 0. The van der Waals surface area contributed by atoms with Crippen molar-refractivity contribution in [3.63, 3.8) is 0 Å². The van der Waals surface area contributed by atoms with Gasteiger partial charge < -0.3 is 9.53 Å². The van der Waals surface area contributed by atoms with E-state index < -0.39 is 0 Å².